The van der Waals surface area contributed by atoms with Crippen molar-refractivity contribution >= 4 is 11.6 Å². The zero-order chi connectivity index (χ0) is 25.4. The van der Waals surface area contributed by atoms with E-state index in [1.54, 1.807) is 0 Å². The van der Waals surface area contributed by atoms with Gasteiger partial charge in [-0.3, -0.25) is 4.79 Å². The Bertz CT molecular complexity index is 1340. The Morgan fingerprint density at radius 1 is 0.892 bits per heavy atom. The van der Waals surface area contributed by atoms with Gasteiger partial charge in [-0.15, -0.1) is 0 Å². The maximum Gasteiger partial charge on any atom is 0.245 e. The molecule has 0 saturated carbocycles. The fourth-order valence-electron chi connectivity index (χ4n) is 5.75. The fraction of sp³-hybridized carbons (Fsp3) is 0.387. The Morgan fingerprint density at radius 3 is 2.54 bits per heavy atom. The predicted octanol–water partition coefficient (Wildman–Crippen LogP) is 6.48. The van der Waals surface area contributed by atoms with Gasteiger partial charge in [0.2, 0.25) is 12.7 Å². The number of fused-ring (bicyclic) bond motifs is 5. The molecule has 0 bridgehead atoms. The van der Waals surface area contributed by atoms with Crippen LogP contribution in [0, 0.1) is 0 Å². The average Bonchev–Trinajstić information content (AvgIpc) is 3.60. The molecule has 192 valence electrons. The standard InChI is InChI=1S/C31H33NO5/c1-3-5-7-14-32-25-13-9-12-23(21-10-8-11-22(16-21)34-15-6-4-2)29(25)31(30(32)33)19-35-26-18-28-27(17-24(26)31)36-20-37-28/h8-13,16-18H,3-7,14-15,19-20H2,1-2H3. The number of hydrogen-bond acceptors (Lipinski definition) is 5. The van der Waals surface area contributed by atoms with Gasteiger partial charge in [-0.05, 0) is 48.2 Å². The normalized spacial score (nSPS) is 18.8. The van der Waals surface area contributed by atoms with E-state index < -0.39 is 5.41 Å². The number of carbonyl (C=O) groups is 1. The van der Waals surface area contributed by atoms with E-state index in [9.17, 15) is 4.79 Å². The first kappa shape index (κ1) is 23.7. The summed E-state index contributed by atoms with van der Waals surface area (Å²) in [7, 11) is 0. The second kappa shape index (κ2) is 9.66. The van der Waals surface area contributed by atoms with Crippen molar-refractivity contribution in [2.45, 2.75) is 51.4 Å². The minimum absolute atomic E-state index is 0.0685. The molecule has 0 saturated heterocycles. The van der Waals surface area contributed by atoms with Crippen LogP contribution in [-0.4, -0.2) is 32.5 Å². The predicted molar refractivity (Wildman–Crippen MR) is 143 cm³/mol. The van der Waals surface area contributed by atoms with Crippen molar-refractivity contribution in [3.63, 3.8) is 0 Å². The van der Waals surface area contributed by atoms with Crippen molar-refractivity contribution in [2.24, 2.45) is 0 Å². The van der Waals surface area contributed by atoms with E-state index in [0.717, 1.165) is 65.8 Å². The molecule has 1 atom stereocenters. The summed E-state index contributed by atoms with van der Waals surface area (Å²) in [5, 5.41) is 0. The average molecular weight is 500 g/mol. The highest BCUT2D eigenvalue weighted by molar-refractivity contribution is 6.13. The van der Waals surface area contributed by atoms with E-state index in [0.29, 0.717) is 30.4 Å². The highest BCUT2D eigenvalue weighted by atomic mass is 16.7. The Kier molecular flexibility index (Phi) is 6.19. The van der Waals surface area contributed by atoms with E-state index in [1.807, 2.05) is 35.2 Å². The van der Waals surface area contributed by atoms with Crippen LogP contribution >= 0.6 is 0 Å². The van der Waals surface area contributed by atoms with Crippen molar-refractivity contribution in [3.8, 4) is 34.1 Å². The molecule has 0 radical (unpaired) electrons. The molecule has 3 aliphatic heterocycles. The van der Waals surface area contributed by atoms with Gasteiger partial charge in [0.1, 0.15) is 23.5 Å². The third kappa shape index (κ3) is 3.81. The summed E-state index contributed by atoms with van der Waals surface area (Å²) in [6.45, 7) is 6.14. The zero-order valence-corrected chi connectivity index (χ0v) is 21.5. The second-order valence-electron chi connectivity index (χ2n) is 9.99. The lowest BCUT2D eigenvalue weighted by atomic mass is 9.74. The molecule has 1 spiro atoms. The number of ether oxygens (including phenoxy) is 4. The fourth-order valence-corrected chi connectivity index (χ4v) is 5.75. The summed E-state index contributed by atoms with van der Waals surface area (Å²) >= 11 is 0. The van der Waals surface area contributed by atoms with Gasteiger partial charge in [0, 0.05) is 29.4 Å². The van der Waals surface area contributed by atoms with Crippen LogP contribution in [0.1, 0.15) is 57.1 Å². The van der Waals surface area contributed by atoms with E-state index in [4.69, 9.17) is 18.9 Å². The van der Waals surface area contributed by atoms with Crippen LogP contribution in [0.15, 0.2) is 54.6 Å². The Balaban J connectivity index is 1.50. The summed E-state index contributed by atoms with van der Waals surface area (Å²) in [5.41, 5.74) is 3.93. The number of anilines is 1. The molecule has 0 aromatic heterocycles. The van der Waals surface area contributed by atoms with Crippen molar-refractivity contribution in [3.05, 3.63) is 65.7 Å². The van der Waals surface area contributed by atoms with Gasteiger partial charge < -0.3 is 23.8 Å². The SMILES string of the molecule is CCCCCN1C(=O)C2(COc3cc4c(cc32)OCO4)c2c(-c3cccc(OCCCC)c3)cccc21. The molecule has 1 unspecified atom stereocenters. The van der Waals surface area contributed by atoms with Gasteiger partial charge in [-0.25, -0.2) is 0 Å². The lowest BCUT2D eigenvalue weighted by Crippen LogP contribution is -2.43. The molecular weight excluding hydrogens is 466 g/mol. The minimum Gasteiger partial charge on any atom is -0.494 e. The van der Waals surface area contributed by atoms with Crippen LogP contribution in [0.4, 0.5) is 5.69 Å². The van der Waals surface area contributed by atoms with E-state index in [1.165, 1.54) is 0 Å². The number of unbranched alkanes of at least 4 members (excludes halogenated alkanes) is 3. The van der Waals surface area contributed by atoms with Gasteiger partial charge in [-0.2, -0.15) is 0 Å². The smallest absolute Gasteiger partial charge is 0.245 e. The Morgan fingerprint density at radius 2 is 1.70 bits per heavy atom. The number of nitrogens with zero attached hydrogens (tertiary/aromatic N) is 1. The van der Waals surface area contributed by atoms with E-state index in [-0.39, 0.29) is 19.3 Å². The topological polar surface area (TPSA) is 57.2 Å². The number of benzene rings is 3. The molecule has 37 heavy (non-hydrogen) atoms. The maximum atomic E-state index is 14.4. The minimum atomic E-state index is -0.937. The van der Waals surface area contributed by atoms with Crippen LogP contribution in [0.25, 0.3) is 11.1 Å². The quantitative estimate of drug-likeness (QED) is 0.316. The Labute approximate surface area is 218 Å². The molecule has 0 N–H and O–H groups in total. The largest absolute Gasteiger partial charge is 0.494 e. The van der Waals surface area contributed by atoms with Gasteiger partial charge in [0.25, 0.3) is 0 Å². The first-order chi connectivity index (χ1) is 18.2. The number of carbonyl (C=O) groups excluding carboxylic acids is 1. The third-order valence-corrected chi connectivity index (χ3v) is 7.65. The van der Waals surface area contributed by atoms with E-state index in [2.05, 4.69) is 38.1 Å². The maximum absolute atomic E-state index is 14.4. The van der Waals surface area contributed by atoms with Crippen molar-refractivity contribution < 1.29 is 23.7 Å². The van der Waals surface area contributed by atoms with Crippen molar-refractivity contribution in [2.75, 3.05) is 31.5 Å². The second-order valence-corrected chi connectivity index (χ2v) is 9.99. The number of hydrogen-bond donors (Lipinski definition) is 0. The summed E-state index contributed by atoms with van der Waals surface area (Å²) in [5.74, 6) is 2.91. The lowest BCUT2D eigenvalue weighted by molar-refractivity contribution is -0.122. The van der Waals surface area contributed by atoms with Crippen LogP contribution in [0.3, 0.4) is 0 Å². The Hall–Kier alpha value is -3.67. The highest BCUT2D eigenvalue weighted by Gasteiger charge is 2.58. The summed E-state index contributed by atoms with van der Waals surface area (Å²) in [4.78, 5) is 16.4. The summed E-state index contributed by atoms with van der Waals surface area (Å²) in [6, 6.07) is 18.2. The van der Waals surface area contributed by atoms with Crippen LogP contribution in [0.5, 0.6) is 23.0 Å². The summed E-state index contributed by atoms with van der Waals surface area (Å²) in [6.07, 6.45) is 5.23. The third-order valence-electron chi connectivity index (χ3n) is 7.65. The molecule has 3 aliphatic rings. The van der Waals surface area contributed by atoms with Crippen LogP contribution in [-0.2, 0) is 10.2 Å². The van der Waals surface area contributed by atoms with Gasteiger partial charge in [-0.1, -0.05) is 57.4 Å². The molecule has 6 nitrogen and oxygen atoms in total. The first-order valence-electron chi connectivity index (χ1n) is 13.4. The molecule has 1 amide bonds. The molecular formula is C31H33NO5. The lowest BCUT2D eigenvalue weighted by Gasteiger charge is -2.24. The first-order valence-corrected chi connectivity index (χ1v) is 13.4. The van der Waals surface area contributed by atoms with Gasteiger partial charge in [0.05, 0.1) is 6.61 Å². The molecule has 3 aromatic rings. The van der Waals surface area contributed by atoms with Crippen LogP contribution in [0.2, 0.25) is 0 Å². The van der Waals surface area contributed by atoms with Gasteiger partial charge >= 0.3 is 0 Å². The molecule has 6 rings (SSSR count). The van der Waals surface area contributed by atoms with Crippen molar-refractivity contribution in [1.82, 2.24) is 0 Å². The van der Waals surface area contributed by atoms with Gasteiger partial charge in [0.15, 0.2) is 11.5 Å². The highest BCUT2D eigenvalue weighted by Crippen LogP contribution is 2.57. The number of amides is 1. The number of rotatable bonds is 9. The molecule has 6 heteroatoms. The van der Waals surface area contributed by atoms with Crippen molar-refractivity contribution in [1.29, 1.82) is 0 Å². The van der Waals surface area contributed by atoms with E-state index >= 15 is 0 Å². The molecule has 0 fully saturated rings. The monoisotopic (exact) mass is 499 g/mol. The molecule has 3 heterocycles. The molecule has 3 aromatic carbocycles. The van der Waals surface area contributed by atoms with Crippen LogP contribution < -0.4 is 23.8 Å². The zero-order valence-electron chi connectivity index (χ0n) is 21.5. The summed E-state index contributed by atoms with van der Waals surface area (Å²) < 4.78 is 23.6. The molecule has 0 aliphatic carbocycles.